The van der Waals surface area contributed by atoms with Crippen molar-refractivity contribution in [2.45, 2.75) is 32.3 Å². The van der Waals surface area contributed by atoms with E-state index in [0.717, 1.165) is 60.9 Å². The van der Waals surface area contributed by atoms with Gasteiger partial charge in [0.1, 0.15) is 5.82 Å². The molecule has 1 saturated heterocycles. The molecule has 0 saturated carbocycles. The molecule has 29 heavy (non-hydrogen) atoms. The van der Waals surface area contributed by atoms with Crippen LogP contribution in [0.1, 0.15) is 37.9 Å². The van der Waals surface area contributed by atoms with Crippen LogP contribution < -0.4 is 15.5 Å². The quantitative estimate of drug-likeness (QED) is 0.627. The molecule has 1 aromatic carbocycles. The first-order valence-electron chi connectivity index (χ1n) is 10.3. The van der Waals surface area contributed by atoms with E-state index >= 15 is 0 Å². The van der Waals surface area contributed by atoms with E-state index < -0.39 is 6.10 Å². The first-order valence-corrected chi connectivity index (χ1v) is 10.3. The van der Waals surface area contributed by atoms with E-state index in [1.54, 1.807) is 0 Å². The van der Waals surface area contributed by atoms with Crippen molar-refractivity contribution in [2.75, 3.05) is 36.0 Å². The highest BCUT2D eigenvalue weighted by atomic mass is 16.3. The van der Waals surface area contributed by atoms with Crippen molar-refractivity contribution in [1.82, 2.24) is 20.2 Å². The van der Waals surface area contributed by atoms with Gasteiger partial charge in [-0.2, -0.15) is 5.10 Å². The zero-order valence-electron chi connectivity index (χ0n) is 16.7. The lowest BCUT2D eigenvalue weighted by atomic mass is 9.80. The first-order chi connectivity index (χ1) is 14.1. The van der Waals surface area contributed by atoms with E-state index in [1.165, 1.54) is 0 Å². The summed E-state index contributed by atoms with van der Waals surface area (Å²) >= 11 is 0. The maximum Gasteiger partial charge on any atom is 0.183 e. The molecular formula is C21H27N7O. The minimum Gasteiger partial charge on any atom is -0.388 e. The van der Waals surface area contributed by atoms with Gasteiger partial charge in [0, 0.05) is 30.9 Å². The highest BCUT2D eigenvalue weighted by molar-refractivity contribution is 5.87. The topological polar surface area (TPSA) is 107 Å². The number of nitrogens with one attached hydrogen (secondary N) is 1. The average Bonchev–Trinajstić information content (AvgIpc) is 3.18. The largest absolute Gasteiger partial charge is 0.388 e. The molecular weight excluding hydrogens is 366 g/mol. The standard InChI is InChI=1S/C21H27N7O/c1-21(13-22)7-10-27(11-8-21)17-12-23-18-19(24-17)25-26-20(18)28-9-6-16(29)14-4-2-3-5-15(14)28/h2-5,12,16,29H,6-11,13,22H2,1H3,(H,24,25,26). The molecule has 3 aromatic rings. The molecule has 0 aliphatic carbocycles. The van der Waals surface area contributed by atoms with Crippen molar-refractivity contribution in [1.29, 1.82) is 0 Å². The summed E-state index contributed by atoms with van der Waals surface area (Å²) in [5, 5.41) is 17.9. The van der Waals surface area contributed by atoms with Crippen LogP contribution in [0, 0.1) is 5.41 Å². The summed E-state index contributed by atoms with van der Waals surface area (Å²) in [4.78, 5) is 13.9. The predicted molar refractivity (Wildman–Crippen MR) is 113 cm³/mol. The van der Waals surface area contributed by atoms with Gasteiger partial charge in [-0.05, 0) is 37.3 Å². The third-order valence-corrected chi connectivity index (χ3v) is 6.49. The minimum atomic E-state index is -0.441. The Morgan fingerprint density at radius 3 is 2.83 bits per heavy atom. The number of benzene rings is 1. The van der Waals surface area contributed by atoms with Crippen LogP contribution in [0.4, 0.5) is 17.3 Å². The SMILES string of the molecule is CC1(CN)CCN(c2cnc3c(N4CCC(O)c5ccccc54)n[nH]c3n2)CC1. The van der Waals surface area contributed by atoms with Crippen molar-refractivity contribution in [2.24, 2.45) is 11.1 Å². The Bertz CT molecular complexity index is 1020. The molecule has 1 fully saturated rings. The second kappa shape index (κ2) is 6.96. The third-order valence-electron chi connectivity index (χ3n) is 6.49. The number of para-hydroxylation sites is 1. The lowest BCUT2D eigenvalue weighted by molar-refractivity contribution is 0.166. The van der Waals surface area contributed by atoms with Gasteiger partial charge in [0.25, 0.3) is 0 Å². The predicted octanol–water partition coefficient (Wildman–Crippen LogP) is 2.49. The van der Waals surface area contributed by atoms with Crippen molar-refractivity contribution in [3.8, 4) is 0 Å². The van der Waals surface area contributed by atoms with Crippen molar-refractivity contribution in [3.63, 3.8) is 0 Å². The van der Waals surface area contributed by atoms with E-state index in [-0.39, 0.29) is 5.41 Å². The fourth-order valence-electron chi connectivity index (χ4n) is 4.36. The average molecular weight is 393 g/mol. The number of H-pyrrole nitrogens is 1. The summed E-state index contributed by atoms with van der Waals surface area (Å²) in [6.45, 7) is 5.54. The molecule has 2 aromatic heterocycles. The second-order valence-electron chi connectivity index (χ2n) is 8.49. The van der Waals surface area contributed by atoms with Crippen LogP contribution in [0.2, 0.25) is 0 Å². The molecule has 1 atom stereocenters. The lowest BCUT2D eigenvalue weighted by Gasteiger charge is -2.39. The van der Waals surface area contributed by atoms with E-state index in [0.29, 0.717) is 18.6 Å². The zero-order chi connectivity index (χ0) is 20.0. The number of rotatable bonds is 3. The van der Waals surface area contributed by atoms with Gasteiger partial charge in [0.05, 0.1) is 12.3 Å². The number of aromatic nitrogens is 4. The highest BCUT2D eigenvalue weighted by Gasteiger charge is 2.30. The number of hydrogen-bond acceptors (Lipinski definition) is 7. The van der Waals surface area contributed by atoms with Gasteiger partial charge in [-0.1, -0.05) is 25.1 Å². The highest BCUT2D eigenvalue weighted by Crippen LogP contribution is 2.39. The van der Waals surface area contributed by atoms with Crippen LogP contribution in [0.3, 0.4) is 0 Å². The van der Waals surface area contributed by atoms with Crippen molar-refractivity contribution >= 4 is 28.5 Å². The smallest absolute Gasteiger partial charge is 0.183 e. The van der Waals surface area contributed by atoms with Crippen LogP contribution >= 0.6 is 0 Å². The van der Waals surface area contributed by atoms with Gasteiger partial charge in [-0.3, -0.25) is 5.10 Å². The van der Waals surface area contributed by atoms with Gasteiger partial charge in [0.2, 0.25) is 0 Å². The fourth-order valence-corrected chi connectivity index (χ4v) is 4.36. The number of anilines is 3. The Labute approximate surface area is 169 Å². The first kappa shape index (κ1) is 18.3. The number of aliphatic hydroxyl groups excluding tert-OH is 1. The summed E-state index contributed by atoms with van der Waals surface area (Å²) in [5.74, 6) is 1.63. The van der Waals surface area contributed by atoms with Gasteiger partial charge >= 0.3 is 0 Å². The molecule has 0 radical (unpaired) electrons. The van der Waals surface area contributed by atoms with Gasteiger partial charge < -0.3 is 20.6 Å². The Hall–Kier alpha value is -2.71. The molecule has 0 bridgehead atoms. The molecule has 0 amide bonds. The monoisotopic (exact) mass is 393 g/mol. The van der Waals surface area contributed by atoms with Crippen LogP contribution in [0.15, 0.2) is 30.5 Å². The molecule has 8 heteroatoms. The van der Waals surface area contributed by atoms with Crippen LogP contribution in [0.5, 0.6) is 0 Å². The number of aliphatic hydroxyl groups is 1. The third kappa shape index (κ3) is 3.12. The van der Waals surface area contributed by atoms with E-state index in [1.807, 2.05) is 30.5 Å². The number of fused-ring (bicyclic) bond motifs is 2. The summed E-state index contributed by atoms with van der Waals surface area (Å²) < 4.78 is 0. The molecule has 2 aliphatic rings. The van der Waals surface area contributed by atoms with E-state index in [9.17, 15) is 5.11 Å². The van der Waals surface area contributed by atoms with Gasteiger partial charge in [-0.15, -0.1) is 0 Å². The van der Waals surface area contributed by atoms with Crippen LogP contribution in [-0.2, 0) is 0 Å². The molecule has 8 nitrogen and oxygen atoms in total. The summed E-state index contributed by atoms with van der Waals surface area (Å²) in [5.41, 5.74) is 9.50. The normalized spacial score (nSPS) is 21.4. The Balaban J connectivity index is 1.45. The van der Waals surface area contributed by atoms with E-state index in [4.69, 9.17) is 15.7 Å². The van der Waals surface area contributed by atoms with Gasteiger partial charge in [0.15, 0.2) is 17.0 Å². The fraction of sp³-hybridized carbons (Fsp3) is 0.476. The van der Waals surface area contributed by atoms with Crippen LogP contribution in [-0.4, -0.2) is 51.5 Å². The summed E-state index contributed by atoms with van der Waals surface area (Å²) in [7, 11) is 0. The zero-order valence-corrected chi connectivity index (χ0v) is 16.7. The van der Waals surface area contributed by atoms with Crippen LogP contribution in [0.25, 0.3) is 11.2 Å². The van der Waals surface area contributed by atoms with Crippen molar-refractivity contribution in [3.05, 3.63) is 36.0 Å². The molecule has 4 heterocycles. The maximum atomic E-state index is 10.3. The molecule has 0 spiro atoms. The Kier molecular flexibility index (Phi) is 4.40. The number of nitrogens with zero attached hydrogens (tertiary/aromatic N) is 5. The molecule has 1 unspecified atom stereocenters. The number of nitrogens with two attached hydrogens (primary N) is 1. The van der Waals surface area contributed by atoms with E-state index in [2.05, 4.69) is 26.9 Å². The Morgan fingerprint density at radius 2 is 2.03 bits per heavy atom. The molecule has 152 valence electrons. The second-order valence-corrected chi connectivity index (χ2v) is 8.49. The maximum absolute atomic E-state index is 10.3. The lowest BCUT2D eigenvalue weighted by Crippen LogP contribution is -2.42. The number of aromatic amines is 1. The number of hydrogen-bond donors (Lipinski definition) is 3. The minimum absolute atomic E-state index is 0.224. The summed E-state index contributed by atoms with van der Waals surface area (Å²) in [6, 6.07) is 7.92. The van der Waals surface area contributed by atoms with Crippen molar-refractivity contribution < 1.29 is 5.11 Å². The molecule has 4 N–H and O–H groups in total. The molecule has 2 aliphatic heterocycles. The summed E-state index contributed by atoms with van der Waals surface area (Å²) in [6.07, 6.45) is 4.18. The molecule has 5 rings (SSSR count). The Morgan fingerprint density at radius 1 is 1.24 bits per heavy atom. The van der Waals surface area contributed by atoms with Gasteiger partial charge in [-0.25, -0.2) is 9.97 Å². The number of piperidine rings is 1.